The molecule has 0 amide bonds. The third-order valence-electron chi connectivity index (χ3n) is 3.35. The minimum absolute atomic E-state index is 0.657. The molecule has 1 aromatic carbocycles. The number of anilines is 1. The average Bonchev–Trinajstić information content (AvgIpc) is 2.58. The van der Waals surface area contributed by atoms with Gasteiger partial charge in [0.2, 0.25) is 0 Å². The standard InChI is InChI=1S/C14H21NOS/c1-2-12(11-17)10-15-8-5-9-16-14-7-4-3-6-13(14)15/h3-4,6-7,12,17H,2,5,8-11H2,1H3. The van der Waals surface area contributed by atoms with E-state index in [0.29, 0.717) is 5.92 Å². The van der Waals surface area contributed by atoms with Gasteiger partial charge >= 0.3 is 0 Å². The number of nitrogens with zero attached hydrogens (tertiary/aromatic N) is 1. The van der Waals surface area contributed by atoms with Crippen LogP contribution in [0, 0.1) is 5.92 Å². The van der Waals surface area contributed by atoms with Gasteiger partial charge in [0, 0.05) is 13.1 Å². The second kappa shape index (κ2) is 6.20. The first-order valence-corrected chi connectivity index (χ1v) is 7.06. The number of rotatable bonds is 4. The smallest absolute Gasteiger partial charge is 0.142 e. The van der Waals surface area contributed by atoms with Gasteiger partial charge in [0.15, 0.2) is 0 Å². The Hall–Kier alpha value is -0.830. The number of ether oxygens (including phenoxy) is 1. The summed E-state index contributed by atoms with van der Waals surface area (Å²) >= 11 is 4.43. The van der Waals surface area contributed by atoms with Gasteiger partial charge < -0.3 is 9.64 Å². The van der Waals surface area contributed by atoms with Crippen molar-refractivity contribution in [2.45, 2.75) is 19.8 Å². The normalized spacial score (nSPS) is 16.9. The van der Waals surface area contributed by atoms with Crippen molar-refractivity contribution < 1.29 is 4.74 Å². The Morgan fingerprint density at radius 3 is 3.00 bits per heavy atom. The number of hydrogen-bond acceptors (Lipinski definition) is 3. The Bertz CT molecular complexity index is 352. The van der Waals surface area contributed by atoms with Crippen molar-refractivity contribution in [2.75, 3.05) is 30.3 Å². The van der Waals surface area contributed by atoms with Crippen molar-refractivity contribution in [3.63, 3.8) is 0 Å². The highest BCUT2D eigenvalue weighted by atomic mass is 32.1. The zero-order valence-electron chi connectivity index (χ0n) is 10.4. The summed E-state index contributed by atoms with van der Waals surface area (Å²) in [5.74, 6) is 2.64. The number of para-hydroxylation sites is 2. The van der Waals surface area contributed by atoms with E-state index in [-0.39, 0.29) is 0 Å². The Morgan fingerprint density at radius 1 is 1.41 bits per heavy atom. The van der Waals surface area contributed by atoms with Crippen LogP contribution in [0.25, 0.3) is 0 Å². The van der Waals surface area contributed by atoms with Crippen LogP contribution in [-0.4, -0.2) is 25.4 Å². The molecule has 3 heteroatoms. The molecule has 1 unspecified atom stereocenters. The molecular weight excluding hydrogens is 230 g/mol. The quantitative estimate of drug-likeness (QED) is 0.825. The van der Waals surface area contributed by atoms with Gasteiger partial charge in [-0.3, -0.25) is 0 Å². The maximum atomic E-state index is 5.77. The second-order valence-corrected chi connectivity index (χ2v) is 4.94. The summed E-state index contributed by atoms with van der Waals surface area (Å²) in [7, 11) is 0. The summed E-state index contributed by atoms with van der Waals surface area (Å²) in [6, 6.07) is 8.35. The van der Waals surface area contributed by atoms with Crippen molar-refractivity contribution in [1.29, 1.82) is 0 Å². The van der Waals surface area contributed by atoms with Gasteiger partial charge in [-0.05, 0) is 30.2 Å². The molecule has 2 rings (SSSR count). The molecule has 0 fully saturated rings. The van der Waals surface area contributed by atoms with Crippen LogP contribution < -0.4 is 9.64 Å². The number of fused-ring (bicyclic) bond motifs is 1. The lowest BCUT2D eigenvalue weighted by atomic mass is 10.1. The molecular formula is C14H21NOS. The Morgan fingerprint density at radius 2 is 2.24 bits per heavy atom. The van der Waals surface area contributed by atoms with Crippen LogP contribution in [0.5, 0.6) is 5.75 Å². The van der Waals surface area contributed by atoms with E-state index in [1.165, 1.54) is 12.1 Å². The highest BCUT2D eigenvalue weighted by molar-refractivity contribution is 7.80. The van der Waals surface area contributed by atoms with Gasteiger partial charge in [0.1, 0.15) is 5.75 Å². The molecule has 1 aliphatic heterocycles. The van der Waals surface area contributed by atoms with E-state index in [1.54, 1.807) is 0 Å². The number of thiol groups is 1. The van der Waals surface area contributed by atoms with Gasteiger partial charge in [-0.2, -0.15) is 12.6 Å². The fourth-order valence-corrected chi connectivity index (χ4v) is 2.59. The predicted molar refractivity (Wildman–Crippen MR) is 76.4 cm³/mol. The van der Waals surface area contributed by atoms with Crippen molar-refractivity contribution in [1.82, 2.24) is 0 Å². The van der Waals surface area contributed by atoms with Crippen LogP contribution in [0.3, 0.4) is 0 Å². The molecule has 1 heterocycles. The molecule has 0 saturated carbocycles. The van der Waals surface area contributed by atoms with E-state index in [0.717, 1.165) is 37.6 Å². The SMILES string of the molecule is CCC(CS)CN1CCCOc2ccccc21. The van der Waals surface area contributed by atoms with Crippen molar-refractivity contribution >= 4 is 18.3 Å². The van der Waals surface area contributed by atoms with Gasteiger partial charge in [0.05, 0.1) is 12.3 Å². The third kappa shape index (κ3) is 3.09. The minimum Gasteiger partial charge on any atom is -0.491 e. The van der Waals surface area contributed by atoms with Gasteiger partial charge in [0.25, 0.3) is 0 Å². The topological polar surface area (TPSA) is 12.5 Å². The van der Waals surface area contributed by atoms with Crippen molar-refractivity contribution in [3.8, 4) is 5.75 Å². The molecule has 0 bridgehead atoms. The van der Waals surface area contributed by atoms with Crippen molar-refractivity contribution in [2.24, 2.45) is 5.92 Å². The average molecular weight is 251 g/mol. The molecule has 0 N–H and O–H groups in total. The molecule has 0 radical (unpaired) electrons. The fourth-order valence-electron chi connectivity index (χ4n) is 2.22. The Kier molecular flexibility index (Phi) is 4.60. The molecule has 1 aliphatic rings. The van der Waals surface area contributed by atoms with E-state index in [9.17, 15) is 0 Å². The summed E-state index contributed by atoms with van der Waals surface area (Å²) in [5.41, 5.74) is 1.24. The molecule has 17 heavy (non-hydrogen) atoms. The molecule has 0 spiro atoms. The lowest BCUT2D eigenvalue weighted by Crippen LogP contribution is -2.30. The second-order valence-electron chi connectivity index (χ2n) is 4.57. The lowest BCUT2D eigenvalue weighted by Gasteiger charge is -2.27. The van der Waals surface area contributed by atoms with E-state index >= 15 is 0 Å². The van der Waals surface area contributed by atoms with Gasteiger partial charge in [-0.1, -0.05) is 25.5 Å². The molecule has 0 aromatic heterocycles. The molecule has 1 atom stereocenters. The summed E-state index contributed by atoms with van der Waals surface area (Å²) in [4.78, 5) is 2.45. The fraction of sp³-hybridized carbons (Fsp3) is 0.571. The van der Waals surface area contributed by atoms with E-state index < -0.39 is 0 Å². The predicted octanol–water partition coefficient (Wildman–Crippen LogP) is 3.23. The summed E-state index contributed by atoms with van der Waals surface area (Å²) < 4.78 is 5.77. The van der Waals surface area contributed by atoms with E-state index in [1.807, 2.05) is 6.07 Å². The van der Waals surface area contributed by atoms with Crippen LogP contribution in [-0.2, 0) is 0 Å². The number of hydrogen-bond donors (Lipinski definition) is 1. The minimum atomic E-state index is 0.657. The van der Waals surface area contributed by atoms with Crippen LogP contribution >= 0.6 is 12.6 Å². The van der Waals surface area contributed by atoms with Crippen LogP contribution in [0.4, 0.5) is 5.69 Å². The van der Waals surface area contributed by atoms with Crippen molar-refractivity contribution in [3.05, 3.63) is 24.3 Å². The van der Waals surface area contributed by atoms with Crippen LogP contribution in [0.1, 0.15) is 19.8 Å². The Balaban J connectivity index is 2.16. The van der Waals surface area contributed by atoms with E-state index in [4.69, 9.17) is 4.74 Å². The first-order valence-electron chi connectivity index (χ1n) is 6.42. The van der Waals surface area contributed by atoms with Gasteiger partial charge in [-0.25, -0.2) is 0 Å². The maximum absolute atomic E-state index is 5.77. The molecule has 1 aromatic rings. The van der Waals surface area contributed by atoms with Crippen LogP contribution in [0.15, 0.2) is 24.3 Å². The third-order valence-corrected chi connectivity index (χ3v) is 3.87. The highest BCUT2D eigenvalue weighted by Gasteiger charge is 2.18. The lowest BCUT2D eigenvalue weighted by molar-refractivity contribution is 0.322. The zero-order chi connectivity index (χ0) is 12.1. The Labute approximate surface area is 109 Å². The molecule has 0 saturated heterocycles. The maximum Gasteiger partial charge on any atom is 0.142 e. The monoisotopic (exact) mass is 251 g/mol. The first-order chi connectivity index (χ1) is 8.35. The molecule has 0 aliphatic carbocycles. The first kappa shape index (κ1) is 12.6. The number of benzene rings is 1. The molecule has 2 nitrogen and oxygen atoms in total. The highest BCUT2D eigenvalue weighted by Crippen LogP contribution is 2.31. The summed E-state index contributed by atoms with van der Waals surface area (Å²) in [5, 5.41) is 0. The zero-order valence-corrected chi connectivity index (χ0v) is 11.3. The largest absolute Gasteiger partial charge is 0.491 e. The van der Waals surface area contributed by atoms with Gasteiger partial charge in [-0.15, -0.1) is 0 Å². The van der Waals surface area contributed by atoms with E-state index in [2.05, 4.69) is 42.7 Å². The molecule has 94 valence electrons. The van der Waals surface area contributed by atoms with Crippen LogP contribution in [0.2, 0.25) is 0 Å². The summed E-state index contributed by atoms with van der Waals surface area (Å²) in [6.07, 6.45) is 2.28. The summed E-state index contributed by atoms with van der Waals surface area (Å²) in [6.45, 7) is 5.23.